The highest BCUT2D eigenvalue weighted by molar-refractivity contribution is 6.08. The molecule has 2 aliphatic rings. The van der Waals surface area contributed by atoms with Crippen LogP contribution in [0, 0.1) is 5.82 Å². The van der Waals surface area contributed by atoms with Gasteiger partial charge in [0.1, 0.15) is 5.82 Å². The molecule has 0 aromatic heterocycles. The highest BCUT2D eigenvalue weighted by Gasteiger charge is 2.54. The van der Waals surface area contributed by atoms with Crippen LogP contribution in [0.2, 0.25) is 0 Å². The van der Waals surface area contributed by atoms with E-state index in [1.54, 1.807) is 12.1 Å². The topological polar surface area (TPSA) is 41.8 Å². The number of hydrogen-bond acceptors (Lipinski definition) is 3. The number of ketones is 1. The maximum Gasteiger partial charge on any atom is 0.193 e. The molecule has 21 heavy (non-hydrogen) atoms. The van der Waals surface area contributed by atoms with Crippen LogP contribution < -0.4 is 0 Å². The van der Waals surface area contributed by atoms with E-state index in [4.69, 9.17) is 0 Å². The van der Waals surface area contributed by atoms with Crippen molar-refractivity contribution in [3.63, 3.8) is 0 Å². The summed E-state index contributed by atoms with van der Waals surface area (Å²) in [6.45, 7) is 0.478. The Balaban J connectivity index is 1.79. The van der Waals surface area contributed by atoms with Crippen molar-refractivity contribution >= 4 is 5.78 Å². The number of nitrogens with zero attached hydrogens (tertiary/aromatic N) is 2. The number of halogens is 1. The molecule has 1 aliphatic carbocycles. The Bertz CT molecular complexity index is 754. The van der Waals surface area contributed by atoms with Gasteiger partial charge in [0, 0.05) is 17.9 Å². The van der Waals surface area contributed by atoms with E-state index in [1.165, 1.54) is 12.1 Å². The van der Waals surface area contributed by atoms with Crippen LogP contribution in [0.3, 0.4) is 0 Å². The maximum absolute atomic E-state index is 13.1. The zero-order valence-corrected chi connectivity index (χ0v) is 11.3. The van der Waals surface area contributed by atoms with Crippen LogP contribution in [0.1, 0.15) is 27.4 Å². The Morgan fingerprint density at radius 2 is 1.86 bits per heavy atom. The number of carbonyl (C=O) groups is 1. The third-order valence-electron chi connectivity index (χ3n) is 4.48. The molecule has 0 fully saturated rings. The van der Waals surface area contributed by atoms with Gasteiger partial charge in [-0.3, -0.25) is 4.79 Å². The second-order valence-corrected chi connectivity index (χ2v) is 5.62. The van der Waals surface area contributed by atoms with Crippen molar-refractivity contribution in [3.8, 4) is 0 Å². The van der Waals surface area contributed by atoms with E-state index < -0.39 is 5.54 Å². The van der Waals surface area contributed by atoms with Crippen LogP contribution >= 0.6 is 0 Å². The van der Waals surface area contributed by atoms with Crippen LogP contribution in [0.15, 0.2) is 58.8 Å². The molecule has 2 aromatic carbocycles. The van der Waals surface area contributed by atoms with Crippen molar-refractivity contribution in [1.82, 2.24) is 0 Å². The van der Waals surface area contributed by atoms with Crippen LogP contribution in [-0.4, -0.2) is 17.9 Å². The van der Waals surface area contributed by atoms with Gasteiger partial charge in [-0.15, -0.1) is 0 Å². The van der Waals surface area contributed by atoms with Gasteiger partial charge in [-0.05, 0) is 23.3 Å². The molecule has 1 heterocycles. The number of azo groups is 1. The molecule has 3 nitrogen and oxygen atoms in total. The molecule has 0 saturated carbocycles. The molecular formula is C17H13FN2O. The number of Topliss-reactive ketones (excluding diaryl/α,β-unsaturated/α-hetero) is 1. The van der Waals surface area contributed by atoms with E-state index in [2.05, 4.69) is 10.2 Å². The van der Waals surface area contributed by atoms with Gasteiger partial charge in [-0.1, -0.05) is 36.4 Å². The van der Waals surface area contributed by atoms with Crippen molar-refractivity contribution in [3.05, 3.63) is 71.0 Å². The quantitative estimate of drug-likeness (QED) is 0.787. The largest absolute Gasteiger partial charge is 0.291 e. The first-order valence-corrected chi connectivity index (χ1v) is 6.97. The van der Waals surface area contributed by atoms with Crippen LogP contribution in [0.5, 0.6) is 0 Å². The summed E-state index contributed by atoms with van der Waals surface area (Å²) < 4.78 is 13.1. The van der Waals surface area contributed by atoms with E-state index in [0.29, 0.717) is 13.0 Å². The lowest BCUT2D eigenvalue weighted by molar-refractivity contribution is 0.0897. The molecule has 2 atom stereocenters. The fourth-order valence-electron chi connectivity index (χ4n) is 3.41. The van der Waals surface area contributed by atoms with Crippen LogP contribution in [-0.2, 0) is 6.42 Å². The molecule has 0 amide bonds. The van der Waals surface area contributed by atoms with E-state index in [9.17, 15) is 9.18 Å². The van der Waals surface area contributed by atoms with Gasteiger partial charge in [0.25, 0.3) is 0 Å². The molecule has 0 bridgehead atoms. The lowest BCUT2D eigenvalue weighted by atomic mass is 9.78. The number of hydrogen-bond donors (Lipinski definition) is 0. The third kappa shape index (κ3) is 1.68. The first-order valence-electron chi connectivity index (χ1n) is 6.97. The summed E-state index contributed by atoms with van der Waals surface area (Å²) in [6.07, 6.45) is 0.577. The molecule has 0 saturated heterocycles. The Morgan fingerprint density at radius 3 is 2.62 bits per heavy atom. The first kappa shape index (κ1) is 12.4. The summed E-state index contributed by atoms with van der Waals surface area (Å²) in [6, 6.07) is 13.9. The zero-order valence-electron chi connectivity index (χ0n) is 11.3. The molecule has 0 unspecified atom stereocenters. The summed E-state index contributed by atoms with van der Waals surface area (Å²) >= 11 is 0. The monoisotopic (exact) mass is 280 g/mol. The Hall–Kier alpha value is -2.36. The van der Waals surface area contributed by atoms with Crippen molar-refractivity contribution in [2.45, 2.75) is 17.9 Å². The molecule has 0 N–H and O–H groups in total. The highest BCUT2D eigenvalue weighted by Crippen LogP contribution is 2.46. The van der Waals surface area contributed by atoms with Gasteiger partial charge in [-0.2, -0.15) is 10.2 Å². The van der Waals surface area contributed by atoms with Crippen LogP contribution in [0.4, 0.5) is 4.39 Å². The molecule has 1 aliphatic heterocycles. The third-order valence-corrected chi connectivity index (χ3v) is 4.48. The lowest BCUT2D eigenvalue weighted by Crippen LogP contribution is -2.38. The standard InChI is InChI=1S/C17H13FN2O/c18-13-7-5-11(6-8-13)15-10-19-20-17(15)9-12-3-1-2-4-14(12)16(17)21/h1-8,15H,9-10H2/t15-,17+/m1/s1. The molecule has 4 heteroatoms. The summed E-state index contributed by atoms with van der Waals surface area (Å²) in [5.74, 6) is -0.354. The van der Waals surface area contributed by atoms with Gasteiger partial charge in [0.15, 0.2) is 11.3 Å². The highest BCUT2D eigenvalue weighted by atomic mass is 19.1. The minimum Gasteiger partial charge on any atom is -0.291 e. The molecule has 4 rings (SSSR count). The second-order valence-electron chi connectivity index (χ2n) is 5.62. The predicted molar refractivity (Wildman–Crippen MR) is 76.1 cm³/mol. The predicted octanol–water partition coefficient (Wildman–Crippen LogP) is 3.55. The smallest absolute Gasteiger partial charge is 0.193 e. The first-order chi connectivity index (χ1) is 10.2. The van der Waals surface area contributed by atoms with Crippen molar-refractivity contribution in [2.24, 2.45) is 10.2 Å². The number of benzene rings is 2. The SMILES string of the molecule is O=C1c2ccccc2C[C@@]12N=NC[C@@H]2c1ccc(F)cc1. The summed E-state index contributed by atoms with van der Waals surface area (Å²) in [4.78, 5) is 12.8. The molecule has 104 valence electrons. The normalized spacial score (nSPS) is 26.5. The maximum atomic E-state index is 13.1. The Morgan fingerprint density at radius 1 is 1.10 bits per heavy atom. The van der Waals surface area contributed by atoms with E-state index >= 15 is 0 Å². The molecular weight excluding hydrogens is 267 g/mol. The van der Waals surface area contributed by atoms with Gasteiger partial charge in [0.2, 0.25) is 0 Å². The number of carbonyl (C=O) groups excluding carboxylic acids is 1. The molecule has 0 radical (unpaired) electrons. The van der Waals surface area contributed by atoms with Gasteiger partial charge < -0.3 is 0 Å². The number of rotatable bonds is 1. The summed E-state index contributed by atoms with van der Waals surface area (Å²) in [5.41, 5.74) is 1.85. The molecule has 2 aromatic rings. The van der Waals surface area contributed by atoms with Gasteiger partial charge in [-0.25, -0.2) is 4.39 Å². The van der Waals surface area contributed by atoms with E-state index in [-0.39, 0.29) is 17.5 Å². The van der Waals surface area contributed by atoms with Gasteiger partial charge in [0.05, 0.1) is 6.54 Å². The van der Waals surface area contributed by atoms with Crippen molar-refractivity contribution < 1.29 is 9.18 Å². The van der Waals surface area contributed by atoms with Crippen molar-refractivity contribution in [2.75, 3.05) is 6.54 Å². The average molecular weight is 280 g/mol. The minimum absolute atomic E-state index is 0.0358. The number of fused-ring (bicyclic) bond motifs is 1. The minimum atomic E-state index is -0.832. The molecule has 1 spiro atoms. The zero-order chi connectivity index (χ0) is 14.4. The fraction of sp³-hybridized carbons (Fsp3) is 0.235. The fourth-order valence-corrected chi connectivity index (χ4v) is 3.41. The van der Waals surface area contributed by atoms with Crippen LogP contribution in [0.25, 0.3) is 0 Å². The van der Waals surface area contributed by atoms with Crippen molar-refractivity contribution in [1.29, 1.82) is 0 Å². The average Bonchev–Trinajstić information content (AvgIpc) is 3.04. The summed E-state index contributed by atoms with van der Waals surface area (Å²) in [7, 11) is 0. The Kier molecular flexibility index (Phi) is 2.55. The second kappa shape index (κ2) is 4.32. The summed E-state index contributed by atoms with van der Waals surface area (Å²) in [5, 5.41) is 8.47. The van der Waals surface area contributed by atoms with Gasteiger partial charge >= 0.3 is 0 Å². The Labute approximate surface area is 121 Å². The van der Waals surface area contributed by atoms with E-state index in [0.717, 1.165) is 16.7 Å². The lowest BCUT2D eigenvalue weighted by Gasteiger charge is -2.25. The van der Waals surface area contributed by atoms with E-state index in [1.807, 2.05) is 24.3 Å².